The molecule has 226 valence electrons. The molecule has 0 spiro atoms. The van der Waals surface area contributed by atoms with E-state index in [-0.39, 0.29) is 0 Å². The van der Waals surface area contributed by atoms with Gasteiger partial charge in [0.1, 0.15) is 28.9 Å². The largest absolute Gasteiger partial charge is 0.364 e. The molecule has 4 aromatic carbocycles. The van der Waals surface area contributed by atoms with Crippen LogP contribution in [0.4, 0.5) is 0 Å². The van der Waals surface area contributed by atoms with Crippen LogP contribution in [0.1, 0.15) is 12.5 Å². The van der Waals surface area contributed by atoms with E-state index in [0.717, 1.165) is 10.0 Å². The van der Waals surface area contributed by atoms with Crippen LogP contribution in [0.5, 0.6) is 0 Å². The lowest BCUT2D eigenvalue weighted by molar-refractivity contribution is 0.185. The highest BCUT2D eigenvalue weighted by Gasteiger charge is 2.45. The topological polar surface area (TPSA) is 82.1 Å². The maximum absolute atomic E-state index is 6.42. The molecule has 44 heavy (non-hydrogen) atoms. The van der Waals surface area contributed by atoms with Crippen LogP contribution in [0.25, 0.3) is 0 Å². The van der Waals surface area contributed by atoms with Gasteiger partial charge in [-0.3, -0.25) is 10.9 Å². The number of nitrogens with zero attached hydrogens (tertiary/aromatic N) is 2. The maximum atomic E-state index is 6.42. The summed E-state index contributed by atoms with van der Waals surface area (Å²) in [6, 6.07) is 39.8. The third-order valence-corrected chi connectivity index (χ3v) is 11.9. The molecule has 0 bridgehead atoms. The van der Waals surface area contributed by atoms with Gasteiger partial charge in [0.15, 0.2) is 16.6 Å². The van der Waals surface area contributed by atoms with E-state index in [1.807, 2.05) is 31.2 Å². The fourth-order valence-electron chi connectivity index (χ4n) is 4.51. The third kappa shape index (κ3) is 9.00. The molecule has 0 aliphatic carbocycles. The van der Waals surface area contributed by atoms with Crippen LogP contribution in [0.2, 0.25) is 0 Å². The van der Waals surface area contributed by atoms with E-state index in [1.54, 1.807) is 7.05 Å². The van der Waals surface area contributed by atoms with Crippen molar-refractivity contribution in [1.82, 2.24) is 21.5 Å². The number of halogens is 1. The van der Waals surface area contributed by atoms with Crippen LogP contribution in [0.3, 0.4) is 0 Å². The van der Waals surface area contributed by atoms with Crippen LogP contribution in [-0.4, -0.2) is 48.2 Å². The van der Waals surface area contributed by atoms with Gasteiger partial charge in [-0.25, -0.2) is 0 Å². The molecule has 4 rings (SSSR count). The number of ether oxygens (including phenoxy) is 1. The number of benzene rings is 4. The van der Waals surface area contributed by atoms with Crippen LogP contribution < -0.4 is 37.4 Å². The summed E-state index contributed by atoms with van der Waals surface area (Å²) < 4.78 is 7.39. The Morgan fingerprint density at radius 3 is 1.73 bits per heavy atom. The van der Waals surface area contributed by atoms with Crippen molar-refractivity contribution in [3.05, 3.63) is 125 Å². The molecule has 0 aliphatic rings. The second-order valence-electron chi connectivity index (χ2n) is 9.58. The Morgan fingerprint density at radius 1 is 0.727 bits per heavy atom. The van der Waals surface area contributed by atoms with Crippen molar-refractivity contribution >= 4 is 85.2 Å². The Kier molecular flexibility index (Phi) is 13.0. The number of hydrogen-bond donors (Lipinski definition) is 4. The summed E-state index contributed by atoms with van der Waals surface area (Å²) >= 11 is 14.2. The zero-order valence-corrected chi connectivity index (χ0v) is 28.6. The minimum atomic E-state index is -2.06. The monoisotopic (exact) mass is 705 g/mol. The Labute approximate surface area is 279 Å². The van der Waals surface area contributed by atoms with Crippen LogP contribution >= 0.6 is 47.6 Å². The van der Waals surface area contributed by atoms with Gasteiger partial charge in [0.05, 0.1) is 12.3 Å². The standard InChI is InChI=1S/C33H34BrN6OPS2/c1-25(31(38-39-32(43)35-2)26-18-20-27(34)21-19-26)37-40-33(44)36-22-23-41-24-42(28-12-6-3-7-13-28,29-14-8-4-9-15-29)30-16-10-5-11-17-30/h3-21H,22-24H2,1-2H3,(H3-,35,36,37,38,39,40,43,44)/p+1. The van der Waals surface area contributed by atoms with Gasteiger partial charge in [0.2, 0.25) is 0 Å². The predicted molar refractivity (Wildman–Crippen MR) is 198 cm³/mol. The summed E-state index contributed by atoms with van der Waals surface area (Å²) in [7, 11) is -0.329. The van der Waals surface area contributed by atoms with Crippen molar-refractivity contribution in [2.75, 3.05) is 26.5 Å². The van der Waals surface area contributed by atoms with E-state index < -0.39 is 7.26 Å². The van der Waals surface area contributed by atoms with Gasteiger partial charge < -0.3 is 15.4 Å². The first-order valence-corrected chi connectivity index (χ1v) is 17.5. The molecule has 0 saturated heterocycles. The highest BCUT2D eigenvalue weighted by molar-refractivity contribution is 9.10. The third-order valence-electron chi connectivity index (χ3n) is 6.69. The minimum Gasteiger partial charge on any atom is -0.364 e. The molecule has 0 aromatic heterocycles. The highest BCUT2D eigenvalue weighted by Crippen LogP contribution is 2.55. The number of thiocarbonyl (C=S) groups is 2. The van der Waals surface area contributed by atoms with Crippen molar-refractivity contribution in [2.24, 2.45) is 10.2 Å². The summed E-state index contributed by atoms with van der Waals surface area (Å²) in [5, 5.41) is 19.6. The quantitative estimate of drug-likeness (QED) is 0.0540. The fourth-order valence-corrected chi connectivity index (χ4v) is 8.75. The Morgan fingerprint density at radius 2 is 1.23 bits per heavy atom. The molecule has 0 radical (unpaired) electrons. The minimum absolute atomic E-state index is 0.386. The molecular formula is C33H35BrN6OPS2+. The van der Waals surface area contributed by atoms with Crippen molar-refractivity contribution < 1.29 is 4.74 Å². The summed E-state index contributed by atoms with van der Waals surface area (Å²) in [5.41, 5.74) is 7.88. The number of hydrogen-bond acceptors (Lipinski definition) is 5. The van der Waals surface area contributed by atoms with Crippen molar-refractivity contribution in [3.63, 3.8) is 0 Å². The van der Waals surface area contributed by atoms with Gasteiger partial charge in [-0.1, -0.05) is 82.7 Å². The van der Waals surface area contributed by atoms with Gasteiger partial charge in [-0.2, -0.15) is 10.2 Å². The normalized spacial score (nSPS) is 11.9. The van der Waals surface area contributed by atoms with Crippen LogP contribution in [-0.2, 0) is 4.74 Å². The first kappa shape index (κ1) is 33.4. The van der Waals surface area contributed by atoms with Gasteiger partial charge >= 0.3 is 0 Å². The fraction of sp³-hybridized carbons (Fsp3) is 0.152. The number of nitrogens with one attached hydrogen (secondary N) is 4. The van der Waals surface area contributed by atoms with E-state index in [9.17, 15) is 0 Å². The average molecular weight is 707 g/mol. The first-order valence-electron chi connectivity index (χ1n) is 14.0. The number of rotatable bonds is 12. The first-order chi connectivity index (χ1) is 21.4. The zero-order chi connectivity index (χ0) is 31.2. The molecule has 0 saturated carbocycles. The lowest BCUT2D eigenvalue weighted by Gasteiger charge is -2.27. The second-order valence-corrected chi connectivity index (χ2v) is 14.7. The van der Waals surface area contributed by atoms with Crippen molar-refractivity contribution in [3.8, 4) is 0 Å². The number of hydrazone groups is 2. The Balaban J connectivity index is 1.41. The van der Waals surface area contributed by atoms with Gasteiger partial charge in [0.25, 0.3) is 0 Å². The van der Waals surface area contributed by atoms with Crippen LogP contribution in [0.15, 0.2) is 130 Å². The Bertz CT molecular complexity index is 1480. The Hall–Kier alpha value is -3.53. The molecule has 7 nitrogen and oxygen atoms in total. The summed E-state index contributed by atoms with van der Waals surface area (Å²) in [5.74, 6) is 0. The predicted octanol–water partition coefficient (Wildman–Crippen LogP) is 5.06. The summed E-state index contributed by atoms with van der Waals surface area (Å²) in [6.07, 6.45) is 0.568. The average Bonchev–Trinajstić information content (AvgIpc) is 3.07. The lowest BCUT2D eigenvalue weighted by Crippen LogP contribution is -2.37. The highest BCUT2D eigenvalue weighted by atomic mass is 79.9. The smallest absolute Gasteiger partial charge is 0.187 e. The van der Waals surface area contributed by atoms with E-state index in [0.29, 0.717) is 41.1 Å². The van der Waals surface area contributed by atoms with E-state index in [2.05, 4.69) is 139 Å². The molecule has 0 heterocycles. The van der Waals surface area contributed by atoms with E-state index in [4.69, 9.17) is 29.2 Å². The second kappa shape index (κ2) is 17.1. The van der Waals surface area contributed by atoms with E-state index in [1.165, 1.54) is 15.9 Å². The molecule has 0 amide bonds. The molecule has 0 fully saturated rings. The zero-order valence-electron chi connectivity index (χ0n) is 24.5. The molecule has 4 N–H and O–H groups in total. The molecule has 4 aromatic rings. The maximum Gasteiger partial charge on any atom is 0.187 e. The molecule has 11 heteroatoms. The van der Waals surface area contributed by atoms with Crippen LogP contribution in [0, 0.1) is 0 Å². The van der Waals surface area contributed by atoms with Gasteiger partial charge in [-0.15, -0.1) is 0 Å². The van der Waals surface area contributed by atoms with E-state index >= 15 is 0 Å². The molecule has 0 atom stereocenters. The van der Waals surface area contributed by atoms with Gasteiger partial charge in [-0.05, 0) is 79.9 Å². The van der Waals surface area contributed by atoms with Crippen molar-refractivity contribution in [1.29, 1.82) is 0 Å². The molecule has 0 aliphatic heterocycles. The summed E-state index contributed by atoms with van der Waals surface area (Å²) in [6.45, 7) is 2.84. The van der Waals surface area contributed by atoms with Gasteiger partial charge in [0, 0.05) is 23.6 Å². The molecule has 0 unspecified atom stereocenters. The molecular weight excluding hydrogens is 671 g/mol. The van der Waals surface area contributed by atoms with Crippen molar-refractivity contribution in [2.45, 2.75) is 6.92 Å². The lowest BCUT2D eigenvalue weighted by atomic mass is 10.1. The SMILES string of the molecule is CNC(=S)N/N=C(/C(C)=N/NC(=S)NCCOC[P+](c1ccccc1)(c1ccccc1)c1ccccc1)c1ccc(Br)cc1. The summed E-state index contributed by atoms with van der Waals surface area (Å²) in [4.78, 5) is 0.